The van der Waals surface area contributed by atoms with Crippen molar-refractivity contribution in [2.75, 3.05) is 18.8 Å². The molecule has 3 rings (SSSR count). The van der Waals surface area contributed by atoms with Crippen LogP contribution in [0.15, 0.2) is 60.7 Å². The number of rotatable bonds is 9. The molecule has 1 aliphatic heterocycles. The SMILES string of the molecule is CC[C@@]1(c2ccccc2)NC(=O)N(CC(=O)NCCSCc2ccccc2)C1=O. The fraction of sp³-hybridized carbons (Fsp3) is 0.318. The number of thioether (sulfide) groups is 1. The minimum Gasteiger partial charge on any atom is -0.354 e. The van der Waals surface area contributed by atoms with Gasteiger partial charge in [0.05, 0.1) is 0 Å². The second-order valence-corrected chi connectivity index (χ2v) is 7.94. The first kappa shape index (κ1) is 20.9. The van der Waals surface area contributed by atoms with E-state index in [0.717, 1.165) is 22.0 Å². The summed E-state index contributed by atoms with van der Waals surface area (Å²) in [4.78, 5) is 38.7. The highest BCUT2D eigenvalue weighted by Crippen LogP contribution is 2.32. The molecule has 2 aromatic rings. The predicted molar refractivity (Wildman–Crippen MR) is 114 cm³/mol. The molecule has 6 nitrogen and oxygen atoms in total. The number of imide groups is 1. The number of amides is 4. The minimum atomic E-state index is -1.11. The standard InChI is InChI=1S/C22H25N3O3S/c1-2-22(18-11-7-4-8-12-18)20(27)25(21(28)24-22)15-19(26)23-13-14-29-16-17-9-5-3-6-10-17/h3-12H,2,13-16H2,1H3,(H,23,26)(H,24,28)/t22-/m0/s1. The maximum atomic E-state index is 13.0. The number of urea groups is 1. The van der Waals surface area contributed by atoms with E-state index in [1.54, 1.807) is 11.8 Å². The van der Waals surface area contributed by atoms with E-state index < -0.39 is 11.6 Å². The molecule has 29 heavy (non-hydrogen) atoms. The number of carbonyl (C=O) groups is 3. The molecule has 1 aliphatic rings. The Morgan fingerprint density at radius 2 is 1.72 bits per heavy atom. The van der Waals surface area contributed by atoms with Gasteiger partial charge in [0, 0.05) is 18.1 Å². The molecule has 0 aliphatic carbocycles. The van der Waals surface area contributed by atoms with E-state index in [0.29, 0.717) is 13.0 Å². The Balaban J connectivity index is 1.50. The summed E-state index contributed by atoms with van der Waals surface area (Å²) in [6.07, 6.45) is 0.413. The van der Waals surface area contributed by atoms with Gasteiger partial charge in [0.25, 0.3) is 5.91 Å². The van der Waals surface area contributed by atoms with Crippen LogP contribution in [-0.4, -0.2) is 41.6 Å². The monoisotopic (exact) mass is 411 g/mol. The van der Waals surface area contributed by atoms with Gasteiger partial charge in [0.2, 0.25) is 5.91 Å². The Morgan fingerprint density at radius 1 is 1.07 bits per heavy atom. The fourth-order valence-corrected chi connectivity index (χ4v) is 4.18. The quantitative estimate of drug-likeness (QED) is 0.491. The Kier molecular flexibility index (Phi) is 6.93. The maximum absolute atomic E-state index is 13.0. The number of benzene rings is 2. The van der Waals surface area contributed by atoms with Gasteiger partial charge in [-0.25, -0.2) is 4.79 Å². The lowest BCUT2D eigenvalue weighted by atomic mass is 9.87. The number of hydrogen-bond acceptors (Lipinski definition) is 4. The lowest BCUT2D eigenvalue weighted by Crippen LogP contribution is -2.45. The fourth-order valence-electron chi connectivity index (χ4n) is 3.36. The third-order valence-electron chi connectivity index (χ3n) is 4.95. The lowest BCUT2D eigenvalue weighted by Gasteiger charge is -2.25. The average molecular weight is 412 g/mol. The molecular formula is C22H25N3O3S. The van der Waals surface area contributed by atoms with Crippen LogP contribution < -0.4 is 10.6 Å². The van der Waals surface area contributed by atoms with Crippen LogP contribution in [-0.2, 0) is 20.9 Å². The van der Waals surface area contributed by atoms with E-state index in [1.165, 1.54) is 5.56 Å². The second kappa shape index (κ2) is 9.60. The van der Waals surface area contributed by atoms with Crippen LogP contribution in [0.1, 0.15) is 24.5 Å². The summed E-state index contributed by atoms with van der Waals surface area (Å²) < 4.78 is 0. The van der Waals surface area contributed by atoms with Crippen molar-refractivity contribution in [2.24, 2.45) is 0 Å². The van der Waals surface area contributed by atoms with Crippen LogP contribution in [0.4, 0.5) is 4.79 Å². The van der Waals surface area contributed by atoms with Crippen molar-refractivity contribution in [3.05, 3.63) is 71.8 Å². The zero-order chi connectivity index (χ0) is 20.7. The van der Waals surface area contributed by atoms with Crippen LogP contribution >= 0.6 is 11.8 Å². The van der Waals surface area contributed by atoms with Crippen LogP contribution in [0.5, 0.6) is 0 Å². The third kappa shape index (κ3) is 4.79. The van der Waals surface area contributed by atoms with E-state index in [2.05, 4.69) is 22.8 Å². The van der Waals surface area contributed by atoms with Gasteiger partial charge in [-0.05, 0) is 17.5 Å². The van der Waals surface area contributed by atoms with E-state index in [1.807, 2.05) is 55.5 Å². The molecule has 0 radical (unpaired) electrons. The van der Waals surface area contributed by atoms with E-state index >= 15 is 0 Å². The Bertz CT molecular complexity index is 860. The first-order valence-electron chi connectivity index (χ1n) is 9.65. The largest absolute Gasteiger partial charge is 0.354 e. The van der Waals surface area contributed by atoms with Crippen molar-refractivity contribution >= 4 is 29.6 Å². The maximum Gasteiger partial charge on any atom is 0.325 e. The zero-order valence-electron chi connectivity index (χ0n) is 16.4. The number of carbonyl (C=O) groups excluding carboxylic acids is 3. The van der Waals surface area contributed by atoms with Gasteiger partial charge in [0.1, 0.15) is 12.1 Å². The van der Waals surface area contributed by atoms with Crippen molar-refractivity contribution < 1.29 is 14.4 Å². The number of hydrogen-bond donors (Lipinski definition) is 2. The van der Waals surface area contributed by atoms with Gasteiger partial charge in [-0.1, -0.05) is 67.6 Å². The summed E-state index contributed by atoms with van der Waals surface area (Å²) in [5, 5.41) is 5.57. The summed E-state index contributed by atoms with van der Waals surface area (Å²) in [7, 11) is 0. The van der Waals surface area contributed by atoms with Crippen molar-refractivity contribution in [2.45, 2.75) is 24.6 Å². The normalized spacial score (nSPS) is 18.6. The highest BCUT2D eigenvalue weighted by molar-refractivity contribution is 7.98. The molecule has 2 N–H and O–H groups in total. The Labute approximate surface area is 175 Å². The van der Waals surface area contributed by atoms with Crippen molar-refractivity contribution in [1.29, 1.82) is 0 Å². The molecule has 0 aromatic heterocycles. The van der Waals surface area contributed by atoms with E-state index in [-0.39, 0.29) is 18.4 Å². The van der Waals surface area contributed by atoms with Gasteiger partial charge in [-0.3, -0.25) is 14.5 Å². The minimum absolute atomic E-state index is 0.275. The molecular weight excluding hydrogens is 386 g/mol. The van der Waals surface area contributed by atoms with Gasteiger partial charge < -0.3 is 10.6 Å². The summed E-state index contributed by atoms with van der Waals surface area (Å²) in [6.45, 7) is 2.05. The van der Waals surface area contributed by atoms with E-state index in [4.69, 9.17) is 0 Å². The first-order chi connectivity index (χ1) is 14.1. The second-order valence-electron chi connectivity index (χ2n) is 6.83. The van der Waals surface area contributed by atoms with Gasteiger partial charge in [-0.15, -0.1) is 0 Å². The van der Waals surface area contributed by atoms with Crippen molar-refractivity contribution in [1.82, 2.24) is 15.5 Å². The topological polar surface area (TPSA) is 78.5 Å². The smallest absolute Gasteiger partial charge is 0.325 e. The molecule has 1 fully saturated rings. The van der Waals surface area contributed by atoms with Crippen LogP contribution in [0.2, 0.25) is 0 Å². The number of nitrogens with zero attached hydrogens (tertiary/aromatic N) is 1. The summed E-state index contributed by atoms with van der Waals surface area (Å²) in [5.41, 5.74) is 0.852. The lowest BCUT2D eigenvalue weighted by molar-refractivity contribution is -0.135. The summed E-state index contributed by atoms with van der Waals surface area (Å²) >= 11 is 1.72. The molecule has 2 aromatic carbocycles. The van der Waals surface area contributed by atoms with Gasteiger partial charge in [-0.2, -0.15) is 11.8 Å². The Morgan fingerprint density at radius 3 is 2.38 bits per heavy atom. The molecule has 0 saturated carbocycles. The molecule has 0 bridgehead atoms. The molecule has 4 amide bonds. The number of nitrogens with one attached hydrogen (secondary N) is 2. The van der Waals surface area contributed by atoms with Gasteiger partial charge in [0.15, 0.2) is 0 Å². The van der Waals surface area contributed by atoms with Gasteiger partial charge >= 0.3 is 6.03 Å². The van der Waals surface area contributed by atoms with Crippen molar-refractivity contribution in [3.8, 4) is 0 Å². The average Bonchev–Trinajstić information content (AvgIpc) is 3.00. The molecule has 152 valence electrons. The van der Waals surface area contributed by atoms with Crippen LogP contribution in [0.3, 0.4) is 0 Å². The molecule has 1 saturated heterocycles. The Hall–Kier alpha value is -2.80. The molecule has 7 heteroatoms. The summed E-state index contributed by atoms with van der Waals surface area (Å²) in [6, 6.07) is 18.7. The first-order valence-corrected chi connectivity index (χ1v) is 10.8. The molecule has 0 spiro atoms. The third-order valence-corrected chi connectivity index (χ3v) is 5.98. The van der Waals surface area contributed by atoms with Crippen LogP contribution in [0, 0.1) is 0 Å². The predicted octanol–water partition coefficient (Wildman–Crippen LogP) is 2.89. The highest BCUT2D eigenvalue weighted by atomic mass is 32.2. The molecule has 1 heterocycles. The van der Waals surface area contributed by atoms with Crippen molar-refractivity contribution in [3.63, 3.8) is 0 Å². The summed E-state index contributed by atoms with van der Waals surface area (Å²) in [5.74, 6) is 0.905. The van der Waals surface area contributed by atoms with Crippen LogP contribution in [0.25, 0.3) is 0 Å². The molecule has 0 unspecified atom stereocenters. The highest BCUT2D eigenvalue weighted by Gasteiger charge is 2.51. The van der Waals surface area contributed by atoms with E-state index in [9.17, 15) is 14.4 Å². The molecule has 1 atom stereocenters. The zero-order valence-corrected chi connectivity index (χ0v) is 17.2.